The second-order valence-electron chi connectivity index (χ2n) is 3.89. The van der Waals surface area contributed by atoms with Crippen molar-refractivity contribution in [1.82, 2.24) is 9.80 Å². The molecule has 0 aromatic heterocycles. The van der Waals surface area contributed by atoms with E-state index >= 15 is 0 Å². The van der Waals surface area contributed by atoms with Crippen molar-refractivity contribution in [3.05, 3.63) is 0 Å². The monoisotopic (exact) mass is 170 g/mol. The summed E-state index contributed by atoms with van der Waals surface area (Å²) in [6, 6.07) is 0.963. The summed E-state index contributed by atoms with van der Waals surface area (Å²) in [5.41, 5.74) is 0. The van der Waals surface area contributed by atoms with Gasteiger partial charge >= 0.3 is 0 Å². The maximum Gasteiger partial charge on any atom is 0.236 e. The lowest BCUT2D eigenvalue weighted by atomic mass is 10.1. The number of piperazine rings is 1. The zero-order valence-electron chi connectivity index (χ0n) is 8.37. The Hall–Kier alpha value is -0.570. The van der Waals surface area contributed by atoms with Gasteiger partial charge in [-0.05, 0) is 20.8 Å². The minimum atomic E-state index is 0.238. The second-order valence-corrected chi connectivity index (χ2v) is 3.89. The van der Waals surface area contributed by atoms with Crippen molar-refractivity contribution in [2.45, 2.75) is 32.9 Å². The predicted molar refractivity (Wildman–Crippen MR) is 48.9 cm³/mol. The van der Waals surface area contributed by atoms with Crippen LogP contribution in [0.3, 0.4) is 0 Å². The molecule has 0 spiro atoms. The Morgan fingerprint density at radius 3 is 2.58 bits per heavy atom. The largest absolute Gasteiger partial charge is 0.343 e. The molecule has 3 nitrogen and oxygen atoms in total. The van der Waals surface area contributed by atoms with Gasteiger partial charge in [0.25, 0.3) is 0 Å². The van der Waals surface area contributed by atoms with Gasteiger partial charge < -0.3 is 4.90 Å². The minimum Gasteiger partial charge on any atom is -0.343 e. The molecule has 1 fully saturated rings. The van der Waals surface area contributed by atoms with E-state index in [9.17, 15) is 4.79 Å². The summed E-state index contributed by atoms with van der Waals surface area (Å²) in [6.45, 7) is 7.87. The van der Waals surface area contributed by atoms with Gasteiger partial charge in [0.2, 0.25) is 5.91 Å². The van der Waals surface area contributed by atoms with Crippen LogP contribution in [0, 0.1) is 0 Å². The van der Waals surface area contributed by atoms with Gasteiger partial charge in [-0.25, -0.2) is 0 Å². The highest BCUT2D eigenvalue weighted by Crippen LogP contribution is 2.11. The first-order chi connectivity index (χ1) is 5.52. The average Bonchev–Trinajstić information content (AvgIpc) is 1.96. The highest BCUT2D eigenvalue weighted by molar-refractivity contribution is 5.78. The number of carbonyl (C=O) groups excluding carboxylic acids is 1. The molecule has 0 aromatic rings. The SMILES string of the molecule is CC(C)N1CC(=O)N(C)CC1C. The van der Waals surface area contributed by atoms with Gasteiger partial charge in [0.1, 0.15) is 0 Å². The number of amides is 1. The first kappa shape index (κ1) is 9.52. The Balaban J connectivity index is 2.61. The topological polar surface area (TPSA) is 23.6 Å². The summed E-state index contributed by atoms with van der Waals surface area (Å²) in [5.74, 6) is 0.238. The Kier molecular flexibility index (Phi) is 2.73. The van der Waals surface area contributed by atoms with E-state index in [0.717, 1.165) is 6.54 Å². The zero-order valence-corrected chi connectivity index (χ0v) is 8.37. The molecule has 1 unspecified atom stereocenters. The Bertz CT molecular complexity index is 179. The van der Waals surface area contributed by atoms with Gasteiger partial charge in [-0.3, -0.25) is 9.69 Å². The summed E-state index contributed by atoms with van der Waals surface area (Å²) in [6.07, 6.45) is 0. The van der Waals surface area contributed by atoms with Gasteiger partial charge in [-0.15, -0.1) is 0 Å². The smallest absolute Gasteiger partial charge is 0.236 e. The van der Waals surface area contributed by atoms with Crippen LogP contribution < -0.4 is 0 Å². The lowest BCUT2D eigenvalue weighted by molar-refractivity contribution is -0.137. The van der Waals surface area contributed by atoms with E-state index in [0.29, 0.717) is 18.6 Å². The average molecular weight is 170 g/mol. The van der Waals surface area contributed by atoms with Crippen molar-refractivity contribution in [2.24, 2.45) is 0 Å². The van der Waals surface area contributed by atoms with Crippen molar-refractivity contribution in [3.8, 4) is 0 Å². The maximum atomic E-state index is 11.3. The molecular weight excluding hydrogens is 152 g/mol. The number of rotatable bonds is 1. The molecule has 0 bridgehead atoms. The molecule has 1 heterocycles. The van der Waals surface area contributed by atoms with E-state index in [-0.39, 0.29) is 5.91 Å². The molecular formula is C9H18N2O. The van der Waals surface area contributed by atoms with E-state index in [1.807, 2.05) is 11.9 Å². The van der Waals surface area contributed by atoms with Crippen LogP contribution in [0.4, 0.5) is 0 Å². The van der Waals surface area contributed by atoms with Crippen molar-refractivity contribution in [1.29, 1.82) is 0 Å². The molecule has 0 saturated carbocycles. The van der Waals surface area contributed by atoms with E-state index in [1.54, 1.807) is 0 Å². The van der Waals surface area contributed by atoms with E-state index < -0.39 is 0 Å². The molecule has 1 rings (SSSR count). The molecule has 70 valence electrons. The second kappa shape index (κ2) is 3.44. The first-order valence-electron chi connectivity index (χ1n) is 4.52. The van der Waals surface area contributed by atoms with Crippen LogP contribution in [0.5, 0.6) is 0 Å². The van der Waals surface area contributed by atoms with Crippen LogP contribution >= 0.6 is 0 Å². The first-order valence-corrected chi connectivity index (χ1v) is 4.52. The Morgan fingerprint density at radius 1 is 1.50 bits per heavy atom. The predicted octanol–water partition coefficient (Wildman–Crippen LogP) is 0.557. The summed E-state index contributed by atoms with van der Waals surface area (Å²) in [4.78, 5) is 15.4. The zero-order chi connectivity index (χ0) is 9.30. The molecule has 1 amide bonds. The van der Waals surface area contributed by atoms with Crippen LogP contribution in [0.2, 0.25) is 0 Å². The van der Waals surface area contributed by atoms with Crippen molar-refractivity contribution >= 4 is 5.91 Å². The van der Waals surface area contributed by atoms with Gasteiger partial charge in [0.15, 0.2) is 0 Å². The molecule has 1 aliphatic heterocycles. The van der Waals surface area contributed by atoms with Crippen molar-refractivity contribution < 1.29 is 4.79 Å². The highest BCUT2D eigenvalue weighted by atomic mass is 16.2. The molecule has 0 aromatic carbocycles. The fourth-order valence-corrected chi connectivity index (χ4v) is 1.73. The summed E-state index contributed by atoms with van der Waals surface area (Å²) in [5, 5.41) is 0. The molecule has 1 atom stereocenters. The van der Waals surface area contributed by atoms with Crippen LogP contribution in [0.15, 0.2) is 0 Å². The maximum absolute atomic E-state index is 11.3. The molecule has 0 radical (unpaired) electrons. The summed E-state index contributed by atoms with van der Waals surface area (Å²) in [7, 11) is 1.87. The quantitative estimate of drug-likeness (QED) is 0.574. The highest BCUT2D eigenvalue weighted by Gasteiger charge is 2.28. The summed E-state index contributed by atoms with van der Waals surface area (Å²) >= 11 is 0. The van der Waals surface area contributed by atoms with Crippen LogP contribution in [0.25, 0.3) is 0 Å². The third kappa shape index (κ3) is 1.78. The van der Waals surface area contributed by atoms with E-state index in [1.165, 1.54) is 0 Å². The van der Waals surface area contributed by atoms with E-state index in [4.69, 9.17) is 0 Å². The number of hydrogen-bond acceptors (Lipinski definition) is 2. The molecule has 0 aliphatic carbocycles. The molecule has 1 saturated heterocycles. The van der Waals surface area contributed by atoms with Crippen LogP contribution in [0.1, 0.15) is 20.8 Å². The number of nitrogens with zero attached hydrogens (tertiary/aromatic N) is 2. The van der Waals surface area contributed by atoms with Crippen LogP contribution in [-0.2, 0) is 4.79 Å². The van der Waals surface area contributed by atoms with E-state index in [2.05, 4.69) is 25.7 Å². The number of carbonyl (C=O) groups is 1. The fraction of sp³-hybridized carbons (Fsp3) is 0.889. The normalized spacial score (nSPS) is 26.9. The summed E-state index contributed by atoms with van der Waals surface area (Å²) < 4.78 is 0. The molecule has 1 aliphatic rings. The van der Waals surface area contributed by atoms with Gasteiger partial charge in [-0.1, -0.05) is 0 Å². The molecule has 3 heteroatoms. The lowest BCUT2D eigenvalue weighted by Gasteiger charge is -2.39. The van der Waals surface area contributed by atoms with Gasteiger partial charge in [0.05, 0.1) is 6.54 Å². The third-order valence-corrected chi connectivity index (χ3v) is 2.51. The van der Waals surface area contributed by atoms with Crippen molar-refractivity contribution in [3.63, 3.8) is 0 Å². The fourth-order valence-electron chi connectivity index (χ4n) is 1.73. The number of hydrogen-bond donors (Lipinski definition) is 0. The van der Waals surface area contributed by atoms with Crippen LogP contribution in [-0.4, -0.2) is 47.9 Å². The lowest BCUT2D eigenvalue weighted by Crippen LogP contribution is -2.55. The van der Waals surface area contributed by atoms with Gasteiger partial charge in [0, 0.05) is 25.7 Å². The Labute approximate surface area is 74.3 Å². The molecule has 12 heavy (non-hydrogen) atoms. The number of likely N-dealkylation sites (N-methyl/N-ethyl adjacent to an activating group) is 1. The third-order valence-electron chi connectivity index (χ3n) is 2.51. The Morgan fingerprint density at radius 2 is 2.08 bits per heavy atom. The molecule has 0 N–H and O–H groups in total. The van der Waals surface area contributed by atoms with Gasteiger partial charge in [-0.2, -0.15) is 0 Å². The standard InChI is InChI=1S/C9H18N2O/c1-7(2)11-6-9(12)10(4)5-8(11)3/h7-8H,5-6H2,1-4H3. The minimum absolute atomic E-state index is 0.238. The van der Waals surface area contributed by atoms with Crippen molar-refractivity contribution in [2.75, 3.05) is 20.1 Å².